The smallest absolute Gasteiger partial charge is 0.310 e. The predicted molar refractivity (Wildman–Crippen MR) is 90.9 cm³/mol. The SMILES string of the molecule is O=C(Cc1coc2ccc3ccccc3c12)OC[C@@H]1CC1(Cl)Cl. The molecule has 0 N–H and O–H groups in total. The molecule has 0 spiro atoms. The lowest BCUT2D eigenvalue weighted by atomic mass is 10.0. The first kappa shape index (κ1) is 14.9. The van der Waals surface area contributed by atoms with Gasteiger partial charge >= 0.3 is 5.97 Å². The van der Waals surface area contributed by atoms with Crippen LogP contribution in [0.15, 0.2) is 47.1 Å². The molecule has 0 unspecified atom stereocenters. The zero-order valence-electron chi connectivity index (χ0n) is 12.2. The van der Waals surface area contributed by atoms with Crippen LogP contribution in [-0.2, 0) is 16.0 Å². The Hall–Kier alpha value is -1.71. The second-order valence-corrected chi connectivity index (χ2v) is 7.49. The Morgan fingerprint density at radius 2 is 2.04 bits per heavy atom. The van der Waals surface area contributed by atoms with Gasteiger partial charge in [-0.15, -0.1) is 23.2 Å². The summed E-state index contributed by atoms with van der Waals surface area (Å²) >= 11 is 11.9. The number of fused-ring (bicyclic) bond motifs is 3. The largest absolute Gasteiger partial charge is 0.465 e. The van der Waals surface area contributed by atoms with Gasteiger partial charge in [-0.25, -0.2) is 0 Å². The van der Waals surface area contributed by atoms with Crippen molar-refractivity contribution < 1.29 is 13.9 Å². The number of halogens is 2. The Morgan fingerprint density at radius 1 is 1.26 bits per heavy atom. The second-order valence-electron chi connectivity index (χ2n) is 5.94. The van der Waals surface area contributed by atoms with Crippen molar-refractivity contribution in [2.45, 2.75) is 17.2 Å². The zero-order chi connectivity index (χ0) is 16.0. The minimum absolute atomic E-state index is 0.0386. The molecule has 1 aromatic heterocycles. The van der Waals surface area contributed by atoms with Crippen molar-refractivity contribution in [1.82, 2.24) is 0 Å². The van der Waals surface area contributed by atoms with E-state index in [0.717, 1.165) is 27.3 Å². The van der Waals surface area contributed by atoms with E-state index in [4.69, 9.17) is 32.4 Å². The van der Waals surface area contributed by atoms with Crippen LogP contribution in [0.1, 0.15) is 12.0 Å². The molecule has 1 atom stereocenters. The van der Waals surface area contributed by atoms with E-state index in [9.17, 15) is 4.79 Å². The number of furan rings is 1. The van der Waals surface area contributed by atoms with Gasteiger partial charge in [0.1, 0.15) is 9.92 Å². The highest BCUT2D eigenvalue weighted by atomic mass is 35.5. The summed E-state index contributed by atoms with van der Waals surface area (Å²) in [5, 5.41) is 3.16. The van der Waals surface area contributed by atoms with Crippen molar-refractivity contribution in [3.05, 3.63) is 48.2 Å². The van der Waals surface area contributed by atoms with Crippen LogP contribution in [0.3, 0.4) is 0 Å². The quantitative estimate of drug-likeness (QED) is 0.499. The normalized spacial score (nSPS) is 19.1. The van der Waals surface area contributed by atoms with E-state index in [0.29, 0.717) is 6.42 Å². The number of rotatable bonds is 4. The summed E-state index contributed by atoms with van der Waals surface area (Å²) in [6.07, 6.45) is 2.47. The standard InChI is InChI=1S/C18H14Cl2O3/c19-18(20)8-13(18)10-23-16(21)7-12-9-22-15-6-5-11-3-1-2-4-14(11)17(12)15/h1-6,9,13H,7-8,10H2/t13-/m0/s1. The Balaban J connectivity index is 1.57. The fourth-order valence-corrected chi connectivity index (χ4v) is 3.35. The predicted octanol–water partition coefficient (Wildman–Crippen LogP) is 4.87. The van der Waals surface area contributed by atoms with Crippen LogP contribution in [0.2, 0.25) is 0 Å². The molecule has 2 aromatic carbocycles. The molecule has 1 heterocycles. The first-order valence-electron chi connectivity index (χ1n) is 7.46. The third kappa shape index (κ3) is 2.79. The Morgan fingerprint density at radius 3 is 2.83 bits per heavy atom. The number of carbonyl (C=O) groups excluding carboxylic acids is 1. The monoisotopic (exact) mass is 348 g/mol. The van der Waals surface area contributed by atoms with Gasteiger partial charge in [0.05, 0.1) is 19.3 Å². The zero-order valence-corrected chi connectivity index (χ0v) is 13.7. The van der Waals surface area contributed by atoms with Gasteiger partial charge in [0.25, 0.3) is 0 Å². The van der Waals surface area contributed by atoms with Gasteiger partial charge in [0.15, 0.2) is 0 Å². The molecule has 4 rings (SSSR count). The maximum absolute atomic E-state index is 12.1. The van der Waals surface area contributed by atoms with Gasteiger partial charge in [0, 0.05) is 16.9 Å². The second kappa shape index (κ2) is 5.43. The lowest BCUT2D eigenvalue weighted by Crippen LogP contribution is -2.11. The summed E-state index contributed by atoms with van der Waals surface area (Å²) in [6, 6.07) is 12.0. The minimum atomic E-state index is -0.723. The van der Waals surface area contributed by atoms with Gasteiger partial charge < -0.3 is 9.15 Å². The highest BCUT2D eigenvalue weighted by Gasteiger charge is 2.52. The van der Waals surface area contributed by atoms with Crippen LogP contribution in [0, 0.1) is 5.92 Å². The van der Waals surface area contributed by atoms with E-state index < -0.39 is 4.33 Å². The molecule has 3 aromatic rings. The Bertz CT molecular complexity index is 898. The number of alkyl halides is 2. The number of carbonyl (C=O) groups is 1. The van der Waals surface area contributed by atoms with E-state index in [1.165, 1.54) is 0 Å². The van der Waals surface area contributed by atoms with Gasteiger partial charge in [-0.1, -0.05) is 30.3 Å². The molecule has 0 bridgehead atoms. The molecule has 1 saturated carbocycles. The molecule has 5 heteroatoms. The third-order valence-electron chi connectivity index (χ3n) is 4.28. The maximum Gasteiger partial charge on any atom is 0.310 e. The molecule has 3 nitrogen and oxygen atoms in total. The van der Waals surface area contributed by atoms with Crippen LogP contribution in [0.5, 0.6) is 0 Å². The molecule has 0 amide bonds. The fourth-order valence-electron chi connectivity index (χ4n) is 2.86. The van der Waals surface area contributed by atoms with Crippen molar-refractivity contribution in [3.8, 4) is 0 Å². The van der Waals surface area contributed by atoms with E-state index in [-0.39, 0.29) is 24.9 Å². The van der Waals surface area contributed by atoms with Crippen molar-refractivity contribution >= 4 is 50.9 Å². The summed E-state index contributed by atoms with van der Waals surface area (Å²) in [4.78, 5) is 12.1. The lowest BCUT2D eigenvalue weighted by molar-refractivity contribution is -0.143. The van der Waals surface area contributed by atoms with E-state index in [1.54, 1.807) is 6.26 Å². The molecule has 0 saturated heterocycles. The van der Waals surface area contributed by atoms with Crippen LogP contribution in [0.4, 0.5) is 0 Å². The molecule has 1 aliphatic carbocycles. The van der Waals surface area contributed by atoms with Gasteiger partial charge in [0.2, 0.25) is 0 Å². The molecular formula is C18H14Cl2O3. The first-order chi connectivity index (χ1) is 11.0. The molecule has 23 heavy (non-hydrogen) atoms. The number of hydrogen-bond acceptors (Lipinski definition) is 3. The molecule has 0 radical (unpaired) electrons. The van der Waals surface area contributed by atoms with E-state index in [2.05, 4.69) is 0 Å². The average Bonchev–Trinajstić information content (AvgIpc) is 2.96. The van der Waals surface area contributed by atoms with Crippen LogP contribution in [-0.4, -0.2) is 16.9 Å². The Kier molecular flexibility index (Phi) is 3.51. The van der Waals surface area contributed by atoms with Gasteiger partial charge in [-0.05, 0) is 23.3 Å². The molecular weight excluding hydrogens is 335 g/mol. The summed E-state index contributed by atoms with van der Waals surface area (Å²) in [6.45, 7) is 0.266. The van der Waals surface area contributed by atoms with Crippen molar-refractivity contribution in [2.24, 2.45) is 5.92 Å². The minimum Gasteiger partial charge on any atom is -0.465 e. The summed E-state index contributed by atoms with van der Waals surface area (Å²) < 4.78 is 10.1. The summed E-state index contributed by atoms with van der Waals surface area (Å²) in [7, 11) is 0. The first-order valence-corrected chi connectivity index (χ1v) is 8.21. The molecule has 1 aliphatic rings. The number of ether oxygens (including phenoxy) is 1. The topological polar surface area (TPSA) is 39.4 Å². The van der Waals surface area contributed by atoms with Crippen LogP contribution >= 0.6 is 23.2 Å². The molecule has 0 aliphatic heterocycles. The fraction of sp³-hybridized carbons (Fsp3) is 0.278. The maximum atomic E-state index is 12.1. The van der Waals surface area contributed by atoms with Crippen LogP contribution in [0.25, 0.3) is 21.7 Å². The number of hydrogen-bond donors (Lipinski definition) is 0. The highest BCUT2D eigenvalue weighted by Crippen LogP contribution is 2.53. The highest BCUT2D eigenvalue weighted by molar-refractivity contribution is 6.50. The molecule has 118 valence electrons. The van der Waals surface area contributed by atoms with Crippen molar-refractivity contribution in [2.75, 3.05) is 6.61 Å². The number of esters is 1. The van der Waals surface area contributed by atoms with Crippen LogP contribution < -0.4 is 0 Å². The van der Waals surface area contributed by atoms with Gasteiger partial charge in [-0.3, -0.25) is 4.79 Å². The lowest BCUT2D eigenvalue weighted by Gasteiger charge is -2.05. The van der Waals surface area contributed by atoms with E-state index >= 15 is 0 Å². The average molecular weight is 349 g/mol. The number of benzene rings is 2. The van der Waals surface area contributed by atoms with Gasteiger partial charge in [-0.2, -0.15) is 0 Å². The van der Waals surface area contributed by atoms with Crippen molar-refractivity contribution in [1.29, 1.82) is 0 Å². The summed E-state index contributed by atoms with van der Waals surface area (Å²) in [5.74, 6) is -0.256. The third-order valence-corrected chi connectivity index (χ3v) is 5.20. The van der Waals surface area contributed by atoms with Crippen molar-refractivity contribution in [3.63, 3.8) is 0 Å². The Labute approximate surface area is 143 Å². The molecule has 1 fully saturated rings. The summed E-state index contributed by atoms with van der Waals surface area (Å²) in [5.41, 5.74) is 1.61. The van der Waals surface area contributed by atoms with E-state index in [1.807, 2.05) is 36.4 Å².